The molecule has 0 bridgehead atoms. The zero-order valence-electron chi connectivity index (χ0n) is 12.3. The van der Waals surface area contributed by atoms with Crippen LogP contribution < -0.4 is 16.4 Å². The minimum absolute atomic E-state index is 0.0687. The first kappa shape index (κ1) is 15.3. The van der Waals surface area contributed by atoms with Crippen LogP contribution in [0.2, 0.25) is 0 Å². The highest BCUT2D eigenvalue weighted by Crippen LogP contribution is 2.22. The number of amides is 1. The van der Waals surface area contributed by atoms with Gasteiger partial charge in [-0.1, -0.05) is 20.8 Å². The van der Waals surface area contributed by atoms with Crippen molar-refractivity contribution in [3.63, 3.8) is 0 Å². The van der Waals surface area contributed by atoms with Gasteiger partial charge in [-0.15, -0.1) is 0 Å². The molecular weight excluding hydrogens is 238 g/mol. The maximum absolute atomic E-state index is 11.9. The predicted octanol–water partition coefficient (Wildman–Crippen LogP) is 2.87. The standard InChI is InChI=1S/C15H25N3O/c1-5-17-14(19)12-7-6-11(16)10-13(12)18-9-8-15(2,3)4/h6-7,10,18H,5,8-9,16H2,1-4H3,(H,17,19). The van der Waals surface area contributed by atoms with Crippen molar-refractivity contribution in [1.82, 2.24) is 5.32 Å². The third-order valence-corrected chi connectivity index (χ3v) is 2.82. The quantitative estimate of drug-likeness (QED) is 0.716. The molecule has 1 rings (SSSR count). The number of carbonyl (C=O) groups is 1. The Hall–Kier alpha value is -1.71. The fourth-order valence-corrected chi connectivity index (χ4v) is 1.73. The minimum Gasteiger partial charge on any atom is -0.399 e. The second-order valence-corrected chi connectivity index (χ2v) is 5.90. The molecule has 4 heteroatoms. The number of nitrogens with one attached hydrogen (secondary N) is 2. The van der Waals surface area contributed by atoms with Gasteiger partial charge in [0.05, 0.1) is 5.56 Å². The molecule has 0 aliphatic heterocycles. The van der Waals surface area contributed by atoms with Gasteiger partial charge in [0.15, 0.2) is 0 Å². The average molecular weight is 263 g/mol. The van der Waals surface area contributed by atoms with E-state index in [2.05, 4.69) is 31.4 Å². The molecule has 19 heavy (non-hydrogen) atoms. The van der Waals surface area contributed by atoms with E-state index in [1.807, 2.05) is 13.0 Å². The van der Waals surface area contributed by atoms with E-state index in [1.165, 1.54) is 0 Å². The molecule has 4 N–H and O–H groups in total. The second kappa shape index (κ2) is 6.45. The Morgan fingerprint density at radius 2 is 2.00 bits per heavy atom. The van der Waals surface area contributed by atoms with Gasteiger partial charge in [-0.05, 0) is 37.0 Å². The molecule has 1 aromatic rings. The lowest BCUT2D eigenvalue weighted by Crippen LogP contribution is -2.24. The highest BCUT2D eigenvalue weighted by Gasteiger charge is 2.13. The average Bonchev–Trinajstić information content (AvgIpc) is 2.27. The molecule has 0 fully saturated rings. The van der Waals surface area contributed by atoms with Gasteiger partial charge in [0, 0.05) is 24.5 Å². The van der Waals surface area contributed by atoms with Crippen molar-refractivity contribution < 1.29 is 4.79 Å². The van der Waals surface area contributed by atoms with Gasteiger partial charge in [0.25, 0.3) is 5.91 Å². The van der Waals surface area contributed by atoms with Crippen LogP contribution in [-0.4, -0.2) is 19.0 Å². The van der Waals surface area contributed by atoms with Crippen LogP contribution in [0.25, 0.3) is 0 Å². The lowest BCUT2D eigenvalue weighted by atomic mass is 9.92. The Bertz CT molecular complexity index is 436. The number of anilines is 2. The van der Waals surface area contributed by atoms with Gasteiger partial charge in [-0.25, -0.2) is 0 Å². The summed E-state index contributed by atoms with van der Waals surface area (Å²) in [5, 5.41) is 6.12. The Kier molecular flexibility index (Phi) is 5.21. The molecule has 0 saturated carbocycles. The van der Waals surface area contributed by atoms with Crippen LogP contribution in [0.1, 0.15) is 44.5 Å². The summed E-state index contributed by atoms with van der Waals surface area (Å²) in [6, 6.07) is 5.33. The lowest BCUT2D eigenvalue weighted by Gasteiger charge is -2.19. The third kappa shape index (κ3) is 5.20. The zero-order chi connectivity index (χ0) is 14.5. The van der Waals surface area contributed by atoms with E-state index in [0.717, 1.165) is 18.7 Å². The topological polar surface area (TPSA) is 67.2 Å². The van der Waals surface area contributed by atoms with Gasteiger partial charge in [-0.2, -0.15) is 0 Å². The Morgan fingerprint density at radius 1 is 1.32 bits per heavy atom. The van der Waals surface area contributed by atoms with Crippen LogP contribution in [-0.2, 0) is 0 Å². The monoisotopic (exact) mass is 263 g/mol. The van der Waals surface area contributed by atoms with E-state index < -0.39 is 0 Å². The van der Waals surface area contributed by atoms with E-state index >= 15 is 0 Å². The molecule has 0 aromatic heterocycles. The summed E-state index contributed by atoms with van der Waals surface area (Å²) in [4.78, 5) is 11.9. The molecule has 0 atom stereocenters. The lowest BCUT2D eigenvalue weighted by molar-refractivity contribution is 0.0956. The number of rotatable bonds is 5. The summed E-state index contributed by atoms with van der Waals surface area (Å²) in [5.41, 5.74) is 8.15. The van der Waals surface area contributed by atoms with E-state index in [9.17, 15) is 4.79 Å². The Labute approximate surface area is 115 Å². The third-order valence-electron chi connectivity index (χ3n) is 2.82. The molecule has 1 amide bonds. The summed E-state index contributed by atoms with van der Waals surface area (Å²) in [6.45, 7) is 9.92. The number of hydrogen-bond donors (Lipinski definition) is 3. The van der Waals surface area contributed by atoms with Crippen molar-refractivity contribution in [1.29, 1.82) is 0 Å². The maximum Gasteiger partial charge on any atom is 0.253 e. The van der Waals surface area contributed by atoms with E-state index in [1.54, 1.807) is 12.1 Å². The molecule has 0 unspecified atom stereocenters. The van der Waals surface area contributed by atoms with Crippen molar-refractivity contribution in [2.24, 2.45) is 5.41 Å². The van der Waals surface area contributed by atoms with Crippen LogP contribution >= 0.6 is 0 Å². The first-order valence-electron chi connectivity index (χ1n) is 6.75. The number of benzene rings is 1. The summed E-state index contributed by atoms with van der Waals surface area (Å²) < 4.78 is 0. The SMILES string of the molecule is CCNC(=O)c1ccc(N)cc1NCCC(C)(C)C. The molecular formula is C15H25N3O. The summed E-state index contributed by atoms with van der Waals surface area (Å²) in [7, 11) is 0. The number of nitrogens with two attached hydrogens (primary N) is 1. The van der Waals surface area contributed by atoms with Crippen LogP contribution in [0.4, 0.5) is 11.4 Å². The van der Waals surface area contributed by atoms with Crippen LogP contribution in [0.15, 0.2) is 18.2 Å². The van der Waals surface area contributed by atoms with Gasteiger partial charge >= 0.3 is 0 Å². The maximum atomic E-state index is 11.9. The molecule has 0 radical (unpaired) electrons. The molecule has 1 aromatic carbocycles. The fourth-order valence-electron chi connectivity index (χ4n) is 1.73. The molecule has 0 heterocycles. The van der Waals surface area contributed by atoms with E-state index in [0.29, 0.717) is 17.8 Å². The van der Waals surface area contributed by atoms with Crippen molar-refractivity contribution >= 4 is 17.3 Å². The Balaban J connectivity index is 2.80. The molecule has 4 nitrogen and oxygen atoms in total. The van der Waals surface area contributed by atoms with Gasteiger partial charge in [0.2, 0.25) is 0 Å². The highest BCUT2D eigenvalue weighted by atomic mass is 16.1. The fraction of sp³-hybridized carbons (Fsp3) is 0.533. The van der Waals surface area contributed by atoms with E-state index in [4.69, 9.17) is 5.73 Å². The first-order chi connectivity index (χ1) is 8.83. The molecule has 0 saturated heterocycles. The normalized spacial score (nSPS) is 11.2. The van der Waals surface area contributed by atoms with Gasteiger partial charge < -0.3 is 16.4 Å². The highest BCUT2D eigenvalue weighted by molar-refractivity contribution is 6.00. The van der Waals surface area contributed by atoms with Gasteiger partial charge in [-0.3, -0.25) is 4.79 Å². The zero-order valence-corrected chi connectivity index (χ0v) is 12.3. The summed E-state index contributed by atoms with van der Waals surface area (Å²) >= 11 is 0. The molecule has 0 spiro atoms. The van der Waals surface area contributed by atoms with Crippen molar-refractivity contribution in [2.45, 2.75) is 34.1 Å². The number of carbonyl (C=O) groups excluding carboxylic acids is 1. The summed E-state index contributed by atoms with van der Waals surface area (Å²) in [5.74, 6) is -0.0687. The predicted molar refractivity (Wildman–Crippen MR) is 81.4 cm³/mol. The van der Waals surface area contributed by atoms with Crippen LogP contribution in [0.3, 0.4) is 0 Å². The minimum atomic E-state index is -0.0687. The van der Waals surface area contributed by atoms with E-state index in [-0.39, 0.29) is 11.3 Å². The number of hydrogen-bond acceptors (Lipinski definition) is 3. The smallest absolute Gasteiger partial charge is 0.253 e. The largest absolute Gasteiger partial charge is 0.399 e. The van der Waals surface area contributed by atoms with Crippen LogP contribution in [0, 0.1) is 5.41 Å². The van der Waals surface area contributed by atoms with Crippen LogP contribution in [0.5, 0.6) is 0 Å². The van der Waals surface area contributed by atoms with Crippen molar-refractivity contribution in [3.8, 4) is 0 Å². The molecule has 106 valence electrons. The molecule has 0 aliphatic rings. The number of nitrogen functional groups attached to an aromatic ring is 1. The summed E-state index contributed by atoms with van der Waals surface area (Å²) in [6.07, 6.45) is 1.02. The van der Waals surface area contributed by atoms with Gasteiger partial charge in [0.1, 0.15) is 0 Å². The van der Waals surface area contributed by atoms with Crippen molar-refractivity contribution in [3.05, 3.63) is 23.8 Å². The van der Waals surface area contributed by atoms with Crippen molar-refractivity contribution in [2.75, 3.05) is 24.1 Å². The molecule has 0 aliphatic carbocycles. The first-order valence-corrected chi connectivity index (χ1v) is 6.75. The second-order valence-electron chi connectivity index (χ2n) is 5.90. The Morgan fingerprint density at radius 3 is 2.58 bits per heavy atom.